The summed E-state index contributed by atoms with van der Waals surface area (Å²) in [5, 5.41) is 2.63. The third-order valence-electron chi connectivity index (χ3n) is 3.63. The van der Waals surface area contributed by atoms with Gasteiger partial charge < -0.3 is 4.74 Å². The minimum absolute atomic E-state index is 0.00278. The molecule has 1 aliphatic rings. The van der Waals surface area contributed by atoms with Crippen molar-refractivity contribution >= 4 is 56.8 Å². The summed E-state index contributed by atoms with van der Waals surface area (Å²) in [4.78, 5) is 26.6. The fourth-order valence-electron chi connectivity index (χ4n) is 2.55. The first-order chi connectivity index (χ1) is 12.5. The molecular weight excluding hydrogens is 416 g/mol. The minimum Gasteiger partial charge on any atom is -0.494 e. The first kappa shape index (κ1) is 18.3. The Balaban J connectivity index is 2.01. The molecule has 1 N–H and O–H groups in total. The number of carbonyl (C=O) groups is 2. The lowest BCUT2D eigenvalue weighted by molar-refractivity contribution is -0.122. The maximum atomic E-state index is 12.9. The predicted molar refractivity (Wildman–Crippen MR) is 108 cm³/mol. The van der Waals surface area contributed by atoms with E-state index in [1.165, 1.54) is 11.0 Å². The van der Waals surface area contributed by atoms with Crippen molar-refractivity contribution in [3.8, 4) is 5.75 Å². The summed E-state index contributed by atoms with van der Waals surface area (Å²) >= 11 is 8.59. The van der Waals surface area contributed by atoms with Gasteiger partial charge in [0.1, 0.15) is 11.3 Å². The second kappa shape index (κ2) is 7.80. The maximum Gasteiger partial charge on any atom is 0.270 e. The fourth-order valence-corrected chi connectivity index (χ4v) is 3.32. The quantitative estimate of drug-likeness (QED) is 0.456. The number of para-hydroxylation sites is 1. The standard InChI is InChI=1S/C19H15BrN2O3S/c1-2-25-15-9-12(8-13(20)11-15)10-16-17(23)21-19(26)22(18(16)24)14-6-4-3-5-7-14/h3-11H,2H2,1H3,(H,21,23,26)/b16-10-. The molecule has 0 saturated carbocycles. The average molecular weight is 431 g/mol. The van der Waals surface area contributed by atoms with E-state index in [0.717, 1.165) is 4.47 Å². The molecule has 5 nitrogen and oxygen atoms in total. The summed E-state index contributed by atoms with van der Waals surface area (Å²) in [6.07, 6.45) is 1.53. The number of halogens is 1. The van der Waals surface area contributed by atoms with Crippen LogP contribution in [0.3, 0.4) is 0 Å². The lowest BCUT2D eigenvalue weighted by Gasteiger charge is -2.28. The number of benzene rings is 2. The fraction of sp³-hybridized carbons (Fsp3) is 0.105. The Bertz CT molecular complexity index is 912. The van der Waals surface area contributed by atoms with E-state index >= 15 is 0 Å². The number of carbonyl (C=O) groups excluding carboxylic acids is 2. The van der Waals surface area contributed by atoms with Crippen LogP contribution in [0.4, 0.5) is 5.69 Å². The SMILES string of the molecule is CCOc1cc(Br)cc(/C=C2/C(=O)NC(=S)N(c3ccccc3)C2=O)c1. The van der Waals surface area contributed by atoms with Gasteiger partial charge in [-0.05, 0) is 61.1 Å². The van der Waals surface area contributed by atoms with Crippen LogP contribution in [0.5, 0.6) is 5.75 Å². The van der Waals surface area contributed by atoms with Gasteiger partial charge in [-0.15, -0.1) is 0 Å². The van der Waals surface area contributed by atoms with E-state index in [1.54, 1.807) is 36.4 Å². The molecule has 0 aromatic heterocycles. The molecule has 0 spiro atoms. The smallest absolute Gasteiger partial charge is 0.270 e. The van der Waals surface area contributed by atoms with Gasteiger partial charge in [-0.3, -0.25) is 19.8 Å². The van der Waals surface area contributed by atoms with Crippen LogP contribution < -0.4 is 15.0 Å². The Kier molecular flexibility index (Phi) is 5.49. The number of nitrogens with zero attached hydrogens (tertiary/aromatic N) is 1. The largest absolute Gasteiger partial charge is 0.494 e. The second-order valence-electron chi connectivity index (χ2n) is 5.45. The van der Waals surface area contributed by atoms with Crippen molar-refractivity contribution in [3.05, 3.63) is 64.1 Å². The molecule has 2 amide bonds. The highest BCUT2D eigenvalue weighted by Crippen LogP contribution is 2.25. The van der Waals surface area contributed by atoms with Gasteiger partial charge in [0.15, 0.2) is 5.11 Å². The van der Waals surface area contributed by atoms with Crippen LogP contribution in [0.25, 0.3) is 6.08 Å². The predicted octanol–water partition coefficient (Wildman–Crippen LogP) is 3.68. The van der Waals surface area contributed by atoms with Gasteiger partial charge >= 0.3 is 0 Å². The minimum atomic E-state index is -0.523. The van der Waals surface area contributed by atoms with Crippen LogP contribution in [0.1, 0.15) is 12.5 Å². The van der Waals surface area contributed by atoms with E-state index in [1.807, 2.05) is 19.1 Å². The molecule has 7 heteroatoms. The topological polar surface area (TPSA) is 58.6 Å². The molecule has 1 heterocycles. The van der Waals surface area contributed by atoms with Gasteiger partial charge in [-0.2, -0.15) is 0 Å². The number of amides is 2. The zero-order chi connectivity index (χ0) is 18.7. The first-order valence-corrected chi connectivity index (χ1v) is 9.09. The van der Waals surface area contributed by atoms with Gasteiger partial charge in [0, 0.05) is 4.47 Å². The van der Waals surface area contributed by atoms with Crippen LogP contribution in [0, 0.1) is 0 Å². The highest BCUT2D eigenvalue weighted by molar-refractivity contribution is 9.10. The average Bonchev–Trinajstić information content (AvgIpc) is 2.59. The molecule has 132 valence electrons. The van der Waals surface area contributed by atoms with Gasteiger partial charge in [0.05, 0.1) is 12.3 Å². The Morgan fingerprint density at radius 3 is 2.62 bits per heavy atom. The first-order valence-electron chi connectivity index (χ1n) is 7.89. The zero-order valence-electron chi connectivity index (χ0n) is 13.9. The number of hydrogen-bond acceptors (Lipinski definition) is 4. The second-order valence-corrected chi connectivity index (χ2v) is 6.75. The summed E-state index contributed by atoms with van der Waals surface area (Å²) in [5.74, 6) is -0.346. The van der Waals surface area contributed by atoms with Gasteiger partial charge in [0.25, 0.3) is 11.8 Å². The highest BCUT2D eigenvalue weighted by atomic mass is 79.9. The Labute approximate surface area is 164 Å². The molecule has 0 aliphatic carbocycles. The molecule has 1 saturated heterocycles. The van der Waals surface area contributed by atoms with Gasteiger partial charge in [-0.1, -0.05) is 34.1 Å². The van der Waals surface area contributed by atoms with Crippen molar-refractivity contribution in [2.24, 2.45) is 0 Å². The lowest BCUT2D eigenvalue weighted by Crippen LogP contribution is -2.54. The van der Waals surface area contributed by atoms with Crippen LogP contribution in [0.2, 0.25) is 0 Å². The molecule has 0 bridgehead atoms. The molecule has 0 atom stereocenters. The van der Waals surface area contributed by atoms with Crippen LogP contribution in [-0.4, -0.2) is 23.5 Å². The highest BCUT2D eigenvalue weighted by Gasteiger charge is 2.34. The molecule has 1 fully saturated rings. The Morgan fingerprint density at radius 1 is 1.19 bits per heavy atom. The molecule has 2 aromatic rings. The van der Waals surface area contributed by atoms with E-state index in [0.29, 0.717) is 23.6 Å². The lowest BCUT2D eigenvalue weighted by atomic mass is 10.1. The number of nitrogens with one attached hydrogen (secondary N) is 1. The van der Waals surface area contributed by atoms with Crippen molar-refractivity contribution in [2.45, 2.75) is 6.92 Å². The molecular formula is C19H15BrN2O3S. The number of anilines is 1. The van der Waals surface area contributed by atoms with E-state index in [2.05, 4.69) is 21.2 Å². The van der Waals surface area contributed by atoms with Crippen molar-refractivity contribution in [1.82, 2.24) is 5.32 Å². The molecule has 1 aliphatic heterocycles. The summed E-state index contributed by atoms with van der Waals surface area (Å²) in [5.41, 5.74) is 1.27. The monoisotopic (exact) mass is 430 g/mol. The third kappa shape index (κ3) is 3.84. The molecule has 26 heavy (non-hydrogen) atoms. The van der Waals surface area contributed by atoms with E-state index in [4.69, 9.17) is 17.0 Å². The summed E-state index contributed by atoms with van der Waals surface area (Å²) < 4.78 is 6.29. The van der Waals surface area contributed by atoms with Crippen molar-refractivity contribution in [1.29, 1.82) is 0 Å². The Morgan fingerprint density at radius 2 is 1.92 bits per heavy atom. The third-order valence-corrected chi connectivity index (χ3v) is 4.37. The van der Waals surface area contributed by atoms with Crippen LogP contribution in [-0.2, 0) is 9.59 Å². The Hall–Kier alpha value is -2.51. The number of hydrogen-bond donors (Lipinski definition) is 1. The molecule has 2 aromatic carbocycles. The van der Waals surface area contributed by atoms with E-state index in [-0.39, 0.29) is 10.7 Å². The molecule has 0 unspecified atom stereocenters. The summed E-state index contributed by atoms with van der Waals surface area (Å²) in [7, 11) is 0. The van der Waals surface area contributed by atoms with Gasteiger partial charge in [0.2, 0.25) is 0 Å². The number of rotatable bonds is 4. The van der Waals surface area contributed by atoms with E-state index in [9.17, 15) is 9.59 Å². The van der Waals surface area contributed by atoms with Crippen molar-refractivity contribution in [2.75, 3.05) is 11.5 Å². The van der Waals surface area contributed by atoms with Gasteiger partial charge in [-0.25, -0.2) is 0 Å². The number of thiocarbonyl (C=S) groups is 1. The number of ether oxygens (including phenoxy) is 1. The molecule has 0 radical (unpaired) electrons. The van der Waals surface area contributed by atoms with Crippen molar-refractivity contribution < 1.29 is 14.3 Å². The van der Waals surface area contributed by atoms with Crippen LogP contribution >= 0.6 is 28.1 Å². The summed E-state index contributed by atoms with van der Waals surface area (Å²) in [6, 6.07) is 14.3. The van der Waals surface area contributed by atoms with Crippen molar-refractivity contribution in [3.63, 3.8) is 0 Å². The molecule has 3 rings (SSSR count). The zero-order valence-corrected chi connectivity index (χ0v) is 16.3. The van der Waals surface area contributed by atoms with Crippen LogP contribution in [0.15, 0.2) is 58.6 Å². The maximum absolute atomic E-state index is 12.9. The summed E-state index contributed by atoms with van der Waals surface area (Å²) in [6.45, 7) is 2.40. The van der Waals surface area contributed by atoms with E-state index < -0.39 is 11.8 Å². The normalized spacial score (nSPS) is 16.0.